The third-order valence-electron chi connectivity index (χ3n) is 12.1. The molecule has 2 heterocycles. The van der Waals surface area contributed by atoms with Gasteiger partial charge in [0.25, 0.3) is 0 Å². The fourth-order valence-corrected chi connectivity index (χ4v) is 7.61. The van der Waals surface area contributed by atoms with Crippen LogP contribution in [0.2, 0.25) is 0 Å². The van der Waals surface area contributed by atoms with E-state index in [2.05, 4.69) is 5.32 Å². The number of aliphatic hydroxyl groups excluding tert-OH is 1. The molecule has 3 aromatic carbocycles. The van der Waals surface area contributed by atoms with E-state index in [0.29, 0.717) is 56.6 Å². The number of benzene rings is 3. The molecule has 5 rings (SSSR count). The standard InChI is InChI=1S/C24H25F6NO2.C20H27F6NO2/c1-15(32)17-8-9-22(31-13-17,19-6-4-3-5-7-19)14-33-16(2)18-10-20(23(25,26)27)12-21(11-18)24(28,29)30;1-12(28)14-5-6-18(3,27(4)10-14)11-29-13(2)15-7-16(19(21,22)23)9-17(8-15)20(24,25)26/h3-7,10-12,16-17,31H,8-9,13-14H2,1-2H3;7-9,12-14,28H,5-6,10-11H2,1-4H3/t16-,17?,22-;12?,13-,14?,18-/m11/s1. The highest BCUT2D eigenvalue weighted by Crippen LogP contribution is 2.41. The van der Waals surface area contributed by atoms with Gasteiger partial charge in [0.1, 0.15) is 5.78 Å². The number of likely N-dealkylation sites (tertiary alicyclic amines) is 1. The highest BCUT2D eigenvalue weighted by Gasteiger charge is 2.42. The van der Waals surface area contributed by atoms with Gasteiger partial charge in [0.15, 0.2) is 0 Å². The van der Waals surface area contributed by atoms with Crippen molar-refractivity contribution < 1.29 is 72.1 Å². The Morgan fingerprint density at radius 3 is 1.52 bits per heavy atom. The first kappa shape index (κ1) is 50.9. The van der Waals surface area contributed by atoms with Crippen molar-refractivity contribution >= 4 is 5.78 Å². The van der Waals surface area contributed by atoms with E-state index >= 15 is 0 Å². The van der Waals surface area contributed by atoms with Gasteiger partial charge in [-0.05, 0) is 126 Å². The number of piperidine rings is 2. The van der Waals surface area contributed by atoms with Crippen LogP contribution in [0.1, 0.15) is 111 Å². The molecule has 0 amide bonds. The highest BCUT2D eigenvalue weighted by molar-refractivity contribution is 5.78. The SMILES string of the molecule is CC(=O)C1CC[C@@](CO[C@H](C)c2cc(C(F)(F)F)cc(C(F)(F)F)c2)(c2ccccc2)NC1.CC(O)C1CC[C@](C)(CO[C@H](C)c2cc(C(F)(F)F)cc(C(F)(F)F)c2)N(C)C1. The van der Waals surface area contributed by atoms with Crippen LogP contribution in [-0.4, -0.2) is 60.8 Å². The Hall–Kier alpha value is -3.71. The van der Waals surface area contributed by atoms with Crippen LogP contribution in [0.3, 0.4) is 0 Å². The molecule has 2 fully saturated rings. The van der Waals surface area contributed by atoms with Gasteiger partial charge in [0, 0.05) is 24.5 Å². The number of nitrogens with one attached hydrogen (secondary N) is 1. The minimum atomic E-state index is -4.92. The minimum Gasteiger partial charge on any atom is -0.393 e. The molecule has 0 spiro atoms. The maximum atomic E-state index is 13.2. The number of carbonyl (C=O) groups is 1. The molecule has 2 aliphatic rings. The lowest BCUT2D eigenvalue weighted by Crippen LogP contribution is -2.54. The topological polar surface area (TPSA) is 71.0 Å². The number of alkyl halides is 12. The van der Waals surface area contributed by atoms with Crippen molar-refractivity contribution in [1.82, 2.24) is 10.2 Å². The molecule has 2 saturated heterocycles. The van der Waals surface area contributed by atoms with Crippen LogP contribution in [0.15, 0.2) is 66.7 Å². The summed E-state index contributed by atoms with van der Waals surface area (Å²) in [6.45, 7) is 9.26. The first-order valence-electron chi connectivity index (χ1n) is 20.0. The zero-order valence-electron chi connectivity index (χ0n) is 35.0. The summed E-state index contributed by atoms with van der Waals surface area (Å²) in [5.74, 6) is 0.0162. The van der Waals surface area contributed by atoms with Gasteiger partial charge in [-0.3, -0.25) is 9.69 Å². The molecule has 0 bridgehead atoms. The smallest absolute Gasteiger partial charge is 0.393 e. The van der Waals surface area contributed by atoms with Gasteiger partial charge in [-0.25, -0.2) is 0 Å². The van der Waals surface area contributed by atoms with Crippen LogP contribution >= 0.6 is 0 Å². The number of rotatable bonds is 11. The van der Waals surface area contributed by atoms with Crippen LogP contribution in [-0.2, 0) is 44.5 Å². The van der Waals surface area contributed by atoms with Crippen molar-refractivity contribution in [2.75, 3.05) is 33.4 Å². The summed E-state index contributed by atoms with van der Waals surface area (Å²) < 4.78 is 169. The zero-order valence-corrected chi connectivity index (χ0v) is 35.0. The predicted octanol–water partition coefficient (Wildman–Crippen LogP) is 11.6. The normalized spacial score (nSPS) is 24.4. The Labute approximate surface area is 353 Å². The first-order valence-corrected chi connectivity index (χ1v) is 20.0. The van der Waals surface area contributed by atoms with Gasteiger partial charge in [0.05, 0.1) is 59.3 Å². The number of likely N-dealkylation sites (N-methyl/N-ethyl adjacent to an activating group) is 1. The summed E-state index contributed by atoms with van der Waals surface area (Å²) in [4.78, 5) is 13.8. The fraction of sp³-hybridized carbons (Fsp3) is 0.568. The molecule has 0 radical (unpaired) electrons. The van der Waals surface area contributed by atoms with Gasteiger partial charge < -0.3 is 19.9 Å². The Morgan fingerprint density at radius 1 is 0.726 bits per heavy atom. The molecule has 2 N–H and O–H groups in total. The van der Waals surface area contributed by atoms with Crippen molar-refractivity contribution in [1.29, 1.82) is 0 Å². The number of aliphatic hydroxyl groups is 1. The van der Waals surface area contributed by atoms with Gasteiger partial charge in [-0.1, -0.05) is 30.3 Å². The van der Waals surface area contributed by atoms with E-state index in [0.717, 1.165) is 12.0 Å². The molecule has 62 heavy (non-hydrogen) atoms. The first-order chi connectivity index (χ1) is 28.4. The van der Waals surface area contributed by atoms with Crippen LogP contribution in [0.5, 0.6) is 0 Å². The molecule has 3 unspecified atom stereocenters. The van der Waals surface area contributed by atoms with E-state index in [-0.39, 0.29) is 54.1 Å². The number of Topliss-reactive ketones (excluding diaryl/α,β-unsaturated/α-hetero) is 1. The molecule has 0 saturated carbocycles. The second-order valence-electron chi connectivity index (χ2n) is 16.7. The molecule has 3 aromatic rings. The third kappa shape index (κ3) is 13.2. The van der Waals surface area contributed by atoms with Crippen molar-refractivity contribution in [3.05, 3.63) is 106 Å². The summed E-state index contributed by atoms with van der Waals surface area (Å²) in [6, 6.07) is 12.3. The summed E-state index contributed by atoms with van der Waals surface area (Å²) in [5, 5.41) is 13.1. The maximum absolute atomic E-state index is 13.2. The fourth-order valence-electron chi connectivity index (χ4n) is 7.61. The van der Waals surface area contributed by atoms with E-state index in [9.17, 15) is 62.6 Å². The molecular formula is C44H52F12N2O4. The van der Waals surface area contributed by atoms with Crippen LogP contribution in [0, 0.1) is 11.8 Å². The Balaban J connectivity index is 0.000000275. The van der Waals surface area contributed by atoms with Crippen LogP contribution in [0.4, 0.5) is 52.7 Å². The van der Waals surface area contributed by atoms with Gasteiger partial charge in [0.2, 0.25) is 0 Å². The molecule has 18 heteroatoms. The number of ketones is 1. The van der Waals surface area contributed by atoms with E-state index in [4.69, 9.17) is 9.47 Å². The Bertz CT molecular complexity index is 1880. The second-order valence-corrected chi connectivity index (χ2v) is 16.7. The van der Waals surface area contributed by atoms with E-state index in [1.54, 1.807) is 6.92 Å². The molecule has 0 aliphatic carbocycles. The van der Waals surface area contributed by atoms with Gasteiger partial charge in [-0.2, -0.15) is 52.7 Å². The van der Waals surface area contributed by atoms with Crippen LogP contribution in [0.25, 0.3) is 0 Å². The minimum absolute atomic E-state index is 0.0143. The maximum Gasteiger partial charge on any atom is 0.416 e. The quantitative estimate of drug-likeness (QED) is 0.187. The summed E-state index contributed by atoms with van der Waals surface area (Å²) in [6.07, 6.45) is -19.5. The summed E-state index contributed by atoms with van der Waals surface area (Å²) in [7, 11) is 1.87. The number of nitrogens with zero attached hydrogens (tertiary/aromatic N) is 1. The highest BCUT2D eigenvalue weighted by atomic mass is 19.4. The number of carbonyl (C=O) groups excluding carboxylic acids is 1. The molecule has 6 nitrogen and oxygen atoms in total. The molecule has 7 atom stereocenters. The average molecular weight is 901 g/mol. The number of hydrogen-bond acceptors (Lipinski definition) is 6. The third-order valence-corrected chi connectivity index (χ3v) is 12.1. The number of ether oxygens (including phenoxy) is 2. The second kappa shape index (κ2) is 19.6. The lowest BCUT2D eigenvalue weighted by atomic mass is 9.78. The molecular weight excluding hydrogens is 848 g/mol. The molecule has 346 valence electrons. The van der Waals surface area contributed by atoms with Gasteiger partial charge in [-0.15, -0.1) is 0 Å². The monoisotopic (exact) mass is 900 g/mol. The lowest BCUT2D eigenvalue weighted by molar-refractivity contribution is -0.145. The summed E-state index contributed by atoms with van der Waals surface area (Å²) >= 11 is 0. The predicted molar refractivity (Wildman–Crippen MR) is 207 cm³/mol. The van der Waals surface area contributed by atoms with Crippen molar-refractivity contribution in [2.45, 2.75) is 114 Å². The molecule has 2 aliphatic heterocycles. The number of hydrogen-bond donors (Lipinski definition) is 2. The largest absolute Gasteiger partial charge is 0.416 e. The number of halogens is 12. The van der Waals surface area contributed by atoms with E-state index in [1.807, 2.05) is 49.2 Å². The van der Waals surface area contributed by atoms with E-state index in [1.165, 1.54) is 20.8 Å². The Kier molecular flexibility index (Phi) is 16.1. The van der Waals surface area contributed by atoms with Gasteiger partial charge >= 0.3 is 24.7 Å². The molecule has 0 aromatic heterocycles. The lowest BCUT2D eigenvalue weighted by Gasteiger charge is -2.46. The average Bonchev–Trinajstić information content (AvgIpc) is 3.19. The van der Waals surface area contributed by atoms with Crippen LogP contribution < -0.4 is 5.32 Å². The van der Waals surface area contributed by atoms with Crippen molar-refractivity contribution in [3.63, 3.8) is 0 Å². The zero-order chi connectivity index (χ0) is 46.6. The van der Waals surface area contributed by atoms with E-state index < -0.39 is 76.3 Å². The summed E-state index contributed by atoms with van der Waals surface area (Å²) in [5.41, 5.74) is -6.09. The van der Waals surface area contributed by atoms with Crippen molar-refractivity contribution in [3.8, 4) is 0 Å². The Morgan fingerprint density at radius 2 is 1.16 bits per heavy atom. The van der Waals surface area contributed by atoms with Crippen molar-refractivity contribution in [2.24, 2.45) is 11.8 Å².